The Hall–Kier alpha value is -5.02. The minimum absolute atomic E-state index is 0.0730. The smallest absolute Gasteiger partial charge is 0.337 e. The Morgan fingerprint density at radius 2 is 0.987 bits per heavy atom. The van der Waals surface area contributed by atoms with Crippen molar-refractivity contribution in [3.63, 3.8) is 0 Å². The van der Waals surface area contributed by atoms with E-state index in [4.69, 9.17) is 56.8 Å². The van der Waals surface area contributed by atoms with E-state index in [0.29, 0.717) is 5.56 Å². The fourth-order valence-corrected chi connectivity index (χ4v) is 8.80. The van der Waals surface area contributed by atoms with E-state index in [1.54, 1.807) is 19.1 Å². The molecule has 5 heterocycles. The monoisotopic (exact) mass is 1070 g/mol. The van der Waals surface area contributed by atoms with Crippen molar-refractivity contribution in [3.05, 3.63) is 76.8 Å². The van der Waals surface area contributed by atoms with Crippen molar-refractivity contribution in [2.75, 3.05) is 40.6 Å². The minimum atomic E-state index is -1.81. The highest BCUT2D eigenvalue weighted by atomic mass is 16.8. The largest absolute Gasteiger partial charge is 0.468 e. The van der Waals surface area contributed by atoms with Crippen LogP contribution in [-0.4, -0.2) is 225 Å². The summed E-state index contributed by atoms with van der Waals surface area (Å²) >= 11 is 0. The summed E-state index contributed by atoms with van der Waals surface area (Å²) in [6.45, 7) is 0.862. The van der Waals surface area contributed by atoms with Crippen LogP contribution in [0.2, 0.25) is 0 Å². The van der Waals surface area contributed by atoms with E-state index >= 15 is 0 Å². The molecular formula is C48H64O27. The number of methoxy groups -OCH3 is 2. The third-order valence-corrected chi connectivity index (χ3v) is 13.1. The van der Waals surface area contributed by atoms with Gasteiger partial charge < -0.3 is 113 Å². The topological polar surface area (TPSA) is 402 Å². The van der Waals surface area contributed by atoms with Crippen LogP contribution in [0.5, 0.6) is 5.75 Å². The number of ether oxygens (including phenoxy) is 12. The molecule has 3 saturated heterocycles. The molecular weight excluding hydrogens is 1010 g/mol. The average Bonchev–Trinajstić information content (AvgIpc) is 3.40. The summed E-state index contributed by atoms with van der Waals surface area (Å²) in [7, 11) is 2.22. The Balaban J connectivity index is 1.01. The van der Waals surface area contributed by atoms with Crippen LogP contribution in [0.15, 0.2) is 71.2 Å². The van der Waals surface area contributed by atoms with Gasteiger partial charge in [0.25, 0.3) is 0 Å². The number of hydrogen-bond donors (Lipinski definition) is 11. The Bertz CT molecular complexity index is 2230. The average molecular weight is 1070 g/mol. The summed E-state index contributed by atoms with van der Waals surface area (Å²) in [5.74, 6) is -5.53. The van der Waals surface area contributed by atoms with Gasteiger partial charge in [0, 0.05) is 23.0 Å². The molecule has 27 heteroatoms. The summed E-state index contributed by atoms with van der Waals surface area (Å²) in [5.41, 5.74) is 0.788. The van der Waals surface area contributed by atoms with Crippen molar-refractivity contribution >= 4 is 23.9 Å². The fourth-order valence-electron chi connectivity index (χ4n) is 8.80. The van der Waals surface area contributed by atoms with Gasteiger partial charge in [-0.2, -0.15) is 0 Å². The van der Waals surface area contributed by atoms with Crippen LogP contribution in [0, 0.1) is 11.8 Å². The third-order valence-electron chi connectivity index (χ3n) is 13.1. The van der Waals surface area contributed by atoms with Crippen LogP contribution in [0.1, 0.15) is 32.3 Å². The molecule has 0 saturated carbocycles. The maximum atomic E-state index is 13.4. The predicted molar refractivity (Wildman–Crippen MR) is 243 cm³/mol. The van der Waals surface area contributed by atoms with E-state index in [9.17, 15) is 75.3 Å². The van der Waals surface area contributed by atoms with E-state index in [2.05, 4.69) is 0 Å². The molecule has 0 amide bonds. The first kappa shape index (κ1) is 59.2. The summed E-state index contributed by atoms with van der Waals surface area (Å²) in [4.78, 5) is 52.3. The van der Waals surface area contributed by atoms with Crippen molar-refractivity contribution in [3.8, 4) is 5.75 Å². The van der Waals surface area contributed by atoms with Crippen molar-refractivity contribution < 1.29 is 132 Å². The molecule has 0 unspecified atom stereocenters. The molecule has 0 radical (unpaired) electrons. The normalized spacial score (nSPS) is 37.1. The zero-order valence-corrected chi connectivity index (χ0v) is 41.0. The first-order chi connectivity index (χ1) is 35.8. The van der Waals surface area contributed by atoms with E-state index in [0.717, 1.165) is 26.7 Å². The number of carbonyl (C=O) groups excluding carboxylic acids is 4. The van der Waals surface area contributed by atoms with Gasteiger partial charge in [-0.1, -0.05) is 24.3 Å². The van der Waals surface area contributed by atoms with Crippen LogP contribution >= 0.6 is 0 Å². The molecule has 11 N–H and O–H groups in total. The lowest BCUT2D eigenvalue weighted by Gasteiger charge is -2.42. The second-order valence-electron chi connectivity index (χ2n) is 17.8. The number of aliphatic hydroxyl groups is 11. The lowest BCUT2D eigenvalue weighted by Crippen LogP contribution is -2.60. The SMILES string of the molecule is CC=C1[C@H](O[C@@H]2O[C@H](CO)[C@@H](O)[C@H](O)[C@H]2O)OC=C(C(=O)OC)[C@H]1CC(=O)OC[C@H]1O[C@@H](OCCc2ccc(OC(=O)C[C@H]3C(C(=O)OC)=CO[C@@H](O[C@@H]4O[C@H](CO)[C@@H](O)[C@H](O)[C@H]4O)C3=CC)cc2)[C@H](O)[C@@H](O)[C@@H]1O. The van der Waals surface area contributed by atoms with Crippen molar-refractivity contribution in [1.82, 2.24) is 0 Å². The molecule has 0 bridgehead atoms. The molecule has 0 aromatic heterocycles. The Labute approximate surface area is 428 Å². The first-order valence-electron chi connectivity index (χ1n) is 23.7. The standard InChI is InChI=1S/C48H64O27/c1-5-22-24(26(42(62)64-3)17-68-44(22)74-47-40(60)36(56)33(53)28(15-49)71-47)13-31(51)67-19-30-35(55)38(58)39(59)46(73-30)66-12-11-20-7-9-21(10-8-20)70-32(52)14-25-23(6-2)45(69-18-27(25)43(63)65-4)75-48-41(61)37(57)34(54)29(16-50)72-48/h5-10,17-18,24-25,28-30,33-41,44-50,53-61H,11-16,19H2,1-4H3/t24-,25+,28+,29+,30+,33+,34+,35+,36-,37-,38-,39+,40+,41+,44-,45-,46+,47-,48-/m0/s1. The molecule has 3 fully saturated rings. The molecule has 5 aliphatic heterocycles. The van der Waals surface area contributed by atoms with Gasteiger partial charge in [0.15, 0.2) is 18.9 Å². The number of carbonyl (C=O) groups is 4. The van der Waals surface area contributed by atoms with Gasteiger partial charge in [0.2, 0.25) is 12.6 Å². The molecule has 1 aromatic rings. The quantitative estimate of drug-likeness (QED) is 0.0271. The van der Waals surface area contributed by atoms with Gasteiger partial charge in [-0.15, -0.1) is 0 Å². The molecule has 5 aliphatic rings. The Kier molecular flexibility index (Phi) is 21.2. The highest BCUT2D eigenvalue weighted by molar-refractivity contribution is 5.91. The van der Waals surface area contributed by atoms with Crippen LogP contribution in [0.3, 0.4) is 0 Å². The second kappa shape index (κ2) is 26.8. The summed E-state index contributed by atoms with van der Waals surface area (Å²) in [6, 6.07) is 6.15. The number of hydrogen-bond acceptors (Lipinski definition) is 27. The van der Waals surface area contributed by atoms with E-state index in [1.165, 1.54) is 31.2 Å². The van der Waals surface area contributed by atoms with Crippen molar-refractivity contribution in [1.29, 1.82) is 0 Å². The number of benzene rings is 1. The summed E-state index contributed by atoms with van der Waals surface area (Å²) < 4.78 is 65.8. The molecule has 6 rings (SSSR count). The predicted octanol–water partition coefficient (Wildman–Crippen LogP) is -4.13. The molecule has 418 valence electrons. The maximum absolute atomic E-state index is 13.4. The lowest BCUT2D eigenvalue weighted by molar-refractivity contribution is -0.327. The molecule has 0 spiro atoms. The number of aliphatic hydroxyl groups excluding tert-OH is 11. The van der Waals surface area contributed by atoms with Gasteiger partial charge >= 0.3 is 23.9 Å². The highest BCUT2D eigenvalue weighted by Gasteiger charge is 2.50. The van der Waals surface area contributed by atoms with Gasteiger partial charge in [-0.3, -0.25) is 9.59 Å². The van der Waals surface area contributed by atoms with Crippen LogP contribution in [-0.2, 0) is 77.7 Å². The van der Waals surface area contributed by atoms with Crippen molar-refractivity contribution in [2.45, 2.75) is 138 Å². The number of allylic oxidation sites excluding steroid dienone is 2. The molecule has 1 aromatic carbocycles. The third kappa shape index (κ3) is 13.8. The number of esters is 4. The van der Waals surface area contributed by atoms with Crippen LogP contribution < -0.4 is 4.74 Å². The molecule has 19 atom stereocenters. The van der Waals surface area contributed by atoms with Crippen molar-refractivity contribution in [2.24, 2.45) is 11.8 Å². The van der Waals surface area contributed by atoms with E-state index < -0.39 is 173 Å². The summed E-state index contributed by atoms with van der Waals surface area (Å²) in [5, 5.41) is 113. The highest BCUT2D eigenvalue weighted by Crippen LogP contribution is 2.38. The van der Waals surface area contributed by atoms with Gasteiger partial charge in [0.05, 0.1) is 70.6 Å². The molecule has 0 aliphatic carbocycles. The van der Waals surface area contributed by atoms with Gasteiger partial charge in [-0.05, 0) is 38.0 Å². The first-order valence-corrected chi connectivity index (χ1v) is 23.7. The zero-order chi connectivity index (χ0) is 54.8. The van der Waals surface area contributed by atoms with Crippen LogP contribution in [0.4, 0.5) is 0 Å². The number of rotatable bonds is 19. The maximum Gasteiger partial charge on any atom is 0.337 e. The zero-order valence-electron chi connectivity index (χ0n) is 41.0. The van der Waals surface area contributed by atoms with E-state index in [-0.39, 0.29) is 41.1 Å². The molecule has 27 nitrogen and oxygen atoms in total. The fraction of sp³-hybridized carbons (Fsp3) is 0.625. The van der Waals surface area contributed by atoms with Gasteiger partial charge in [0.1, 0.15) is 85.6 Å². The van der Waals surface area contributed by atoms with Gasteiger partial charge in [-0.25, -0.2) is 9.59 Å². The Morgan fingerprint density at radius 1 is 0.560 bits per heavy atom. The van der Waals surface area contributed by atoms with E-state index in [1.807, 2.05) is 0 Å². The lowest BCUT2D eigenvalue weighted by atomic mass is 9.86. The minimum Gasteiger partial charge on any atom is -0.468 e. The molecule has 75 heavy (non-hydrogen) atoms. The Morgan fingerprint density at radius 3 is 1.43 bits per heavy atom. The second-order valence-corrected chi connectivity index (χ2v) is 17.8. The van der Waals surface area contributed by atoms with Crippen LogP contribution in [0.25, 0.3) is 0 Å². The summed E-state index contributed by atoms with van der Waals surface area (Å²) in [6.07, 6.45) is -23.2.